The quantitative estimate of drug-likeness (QED) is 0.734. The molecule has 0 aliphatic rings. The second kappa shape index (κ2) is 5.13. The van der Waals surface area contributed by atoms with Crippen LogP contribution in [0.4, 0.5) is 0 Å². The molecule has 16 heavy (non-hydrogen) atoms. The van der Waals surface area contributed by atoms with Gasteiger partial charge in [0.1, 0.15) is 0 Å². The van der Waals surface area contributed by atoms with Crippen molar-refractivity contribution in [2.75, 3.05) is 0 Å². The predicted octanol–water partition coefficient (Wildman–Crippen LogP) is 4.70. The maximum atomic E-state index is 12.0. The molecule has 1 aromatic rings. The van der Waals surface area contributed by atoms with E-state index in [2.05, 4.69) is 43.6 Å². The molecule has 0 fully saturated rings. The Bertz CT molecular complexity index is 359. The molecule has 0 N–H and O–H groups in total. The summed E-state index contributed by atoms with van der Waals surface area (Å²) in [4.78, 5) is 12.0. The van der Waals surface area contributed by atoms with Crippen LogP contribution in [0.25, 0.3) is 0 Å². The lowest BCUT2D eigenvalue weighted by atomic mass is 9.78. The number of hydrogen-bond acceptors (Lipinski definition) is 1. The Morgan fingerprint density at radius 1 is 1.25 bits per heavy atom. The molecule has 0 spiro atoms. The zero-order valence-electron chi connectivity index (χ0n) is 10.4. The fourth-order valence-corrected chi connectivity index (χ4v) is 1.60. The Kier molecular flexibility index (Phi) is 4.31. The summed E-state index contributed by atoms with van der Waals surface area (Å²) >= 11 is 3.37. The lowest BCUT2D eigenvalue weighted by molar-refractivity contribution is 0.0927. The molecule has 0 aliphatic heterocycles. The van der Waals surface area contributed by atoms with Gasteiger partial charge in [-0.1, -0.05) is 55.8 Å². The Labute approximate surface area is 106 Å². The van der Waals surface area contributed by atoms with Gasteiger partial charge >= 0.3 is 0 Å². The van der Waals surface area contributed by atoms with Gasteiger partial charge in [0.05, 0.1) is 0 Å². The minimum atomic E-state index is 0.186. The smallest absolute Gasteiger partial charge is 0.163 e. The number of carbonyl (C=O) groups excluding carboxylic acids is 1. The van der Waals surface area contributed by atoms with E-state index in [0.29, 0.717) is 12.3 Å². The summed E-state index contributed by atoms with van der Waals surface area (Å²) in [7, 11) is 0. The van der Waals surface area contributed by atoms with Gasteiger partial charge in [-0.3, -0.25) is 4.79 Å². The van der Waals surface area contributed by atoms with Crippen molar-refractivity contribution in [1.29, 1.82) is 0 Å². The van der Waals surface area contributed by atoms with Crippen LogP contribution in [0.5, 0.6) is 0 Å². The van der Waals surface area contributed by atoms with E-state index in [1.54, 1.807) is 0 Å². The molecule has 1 aromatic carbocycles. The molecule has 88 valence electrons. The van der Waals surface area contributed by atoms with Crippen LogP contribution in [-0.4, -0.2) is 5.78 Å². The second-order valence-corrected chi connectivity index (χ2v) is 6.32. The van der Waals surface area contributed by atoms with Gasteiger partial charge in [-0.25, -0.2) is 0 Å². The van der Waals surface area contributed by atoms with Gasteiger partial charge in [0, 0.05) is 16.5 Å². The van der Waals surface area contributed by atoms with Crippen LogP contribution < -0.4 is 0 Å². The van der Waals surface area contributed by atoms with Crippen molar-refractivity contribution < 1.29 is 4.79 Å². The molecule has 0 saturated carbocycles. The van der Waals surface area contributed by atoms with Crippen LogP contribution in [0, 0.1) is 11.3 Å². The van der Waals surface area contributed by atoms with Gasteiger partial charge in [-0.05, 0) is 23.5 Å². The number of rotatable bonds is 3. The van der Waals surface area contributed by atoms with Crippen molar-refractivity contribution in [3.8, 4) is 0 Å². The molecule has 1 rings (SSSR count). The maximum absolute atomic E-state index is 12.0. The van der Waals surface area contributed by atoms with Crippen molar-refractivity contribution >= 4 is 21.7 Å². The monoisotopic (exact) mass is 282 g/mol. The summed E-state index contributed by atoms with van der Waals surface area (Å²) < 4.78 is 1.01. The zero-order valence-corrected chi connectivity index (χ0v) is 12.0. The van der Waals surface area contributed by atoms with E-state index in [-0.39, 0.29) is 11.2 Å². The molecule has 1 nitrogen and oxygen atoms in total. The second-order valence-electron chi connectivity index (χ2n) is 5.40. The van der Waals surface area contributed by atoms with Crippen molar-refractivity contribution in [3.63, 3.8) is 0 Å². The third kappa shape index (κ3) is 3.75. The van der Waals surface area contributed by atoms with E-state index in [4.69, 9.17) is 0 Å². The van der Waals surface area contributed by atoms with Crippen LogP contribution in [0.2, 0.25) is 0 Å². The lowest BCUT2D eigenvalue weighted by Gasteiger charge is -2.26. The normalized spacial score (nSPS) is 13.6. The molecular formula is C14H19BrO. The molecule has 0 bridgehead atoms. The van der Waals surface area contributed by atoms with Gasteiger partial charge in [-0.2, -0.15) is 0 Å². The number of ketones is 1. The van der Waals surface area contributed by atoms with Crippen LogP contribution in [0.15, 0.2) is 28.7 Å². The minimum absolute atomic E-state index is 0.186. The average molecular weight is 283 g/mol. The molecule has 0 radical (unpaired) electrons. The first-order chi connectivity index (χ1) is 7.30. The van der Waals surface area contributed by atoms with Gasteiger partial charge in [0.2, 0.25) is 0 Å². The standard InChI is InChI=1S/C14H19BrO/c1-10(14(2,3)4)9-13(16)11-5-7-12(15)8-6-11/h5-8,10H,9H2,1-4H3. The van der Waals surface area contributed by atoms with Crippen molar-refractivity contribution in [1.82, 2.24) is 0 Å². The SMILES string of the molecule is CC(CC(=O)c1ccc(Br)cc1)C(C)(C)C. The summed E-state index contributed by atoms with van der Waals surface area (Å²) in [6.45, 7) is 8.66. The molecule has 0 heterocycles. The van der Waals surface area contributed by atoms with Crippen molar-refractivity contribution in [2.45, 2.75) is 34.1 Å². The molecule has 2 heteroatoms. The number of Topliss-reactive ketones (excluding diaryl/α,β-unsaturated/α-hetero) is 1. The van der Waals surface area contributed by atoms with Gasteiger partial charge in [-0.15, -0.1) is 0 Å². The summed E-state index contributed by atoms with van der Waals surface area (Å²) in [5.41, 5.74) is 0.990. The topological polar surface area (TPSA) is 17.1 Å². The van der Waals surface area contributed by atoms with Crippen molar-refractivity contribution in [2.24, 2.45) is 11.3 Å². The highest BCUT2D eigenvalue weighted by atomic mass is 79.9. The van der Waals surface area contributed by atoms with E-state index < -0.39 is 0 Å². The molecule has 1 unspecified atom stereocenters. The summed E-state index contributed by atoms with van der Waals surface area (Å²) in [6, 6.07) is 7.58. The van der Waals surface area contributed by atoms with E-state index in [1.165, 1.54) is 0 Å². The fourth-order valence-electron chi connectivity index (χ4n) is 1.34. The third-order valence-electron chi connectivity index (χ3n) is 3.14. The van der Waals surface area contributed by atoms with E-state index >= 15 is 0 Å². The predicted molar refractivity (Wildman–Crippen MR) is 71.7 cm³/mol. The zero-order chi connectivity index (χ0) is 12.3. The van der Waals surface area contributed by atoms with Gasteiger partial charge in [0.15, 0.2) is 5.78 Å². The Morgan fingerprint density at radius 2 is 1.75 bits per heavy atom. The number of hydrogen-bond donors (Lipinski definition) is 0. The van der Waals surface area contributed by atoms with Gasteiger partial charge < -0.3 is 0 Å². The van der Waals surface area contributed by atoms with Crippen LogP contribution >= 0.6 is 15.9 Å². The maximum Gasteiger partial charge on any atom is 0.163 e. The molecule has 0 aromatic heterocycles. The third-order valence-corrected chi connectivity index (χ3v) is 3.66. The Balaban J connectivity index is 2.70. The average Bonchev–Trinajstić information content (AvgIpc) is 2.17. The first kappa shape index (κ1) is 13.4. The van der Waals surface area contributed by atoms with E-state index in [0.717, 1.165) is 10.0 Å². The molecule has 1 atom stereocenters. The highest BCUT2D eigenvalue weighted by molar-refractivity contribution is 9.10. The number of halogens is 1. The van der Waals surface area contributed by atoms with Gasteiger partial charge in [0.25, 0.3) is 0 Å². The first-order valence-corrected chi connectivity index (χ1v) is 6.39. The summed E-state index contributed by atoms with van der Waals surface area (Å²) in [5.74, 6) is 0.624. The number of carbonyl (C=O) groups is 1. The molecule has 0 aliphatic carbocycles. The minimum Gasteiger partial charge on any atom is -0.294 e. The largest absolute Gasteiger partial charge is 0.294 e. The highest BCUT2D eigenvalue weighted by Gasteiger charge is 2.22. The molecular weight excluding hydrogens is 264 g/mol. The van der Waals surface area contributed by atoms with Crippen LogP contribution in [0.1, 0.15) is 44.5 Å². The van der Waals surface area contributed by atoms with Crippen LogP contribution in [0.3, 0.4) is 0 Å². The van der Waals surface area contributed by atoms with Crippen LogP contribution in [-0.2, 0) is 0 Å². The summed E-state index contributed by atoms with van der Waals surface area (Å²) in [5, 5.41) is 0. The highest BCUT2D eigenvalue weighted by Crippen LogP contribution is 2.29. The number of benzene rings is 1. The molecule has 0 saturated heterocycles. The van der Waals surface area contributed by atoms with E-state index in [1.807, 2.05) is 24.3 Å². The first-order valence-electron chi connectivity index (χ1n) is 5.59. The summed E-state index contributed by atoms with van der Waals surface area (Å²) in [6.07, 6.45) is 0.616. The van der Waals surface area contributed by atoms with Crippen molar-refractivity contribution in [3.05, 3.63) is 34.3 Å². The fraction of sp³-hybridized carbons (Fsp3) is 0.500. The lowest BCUT2D eigenvalue weighted by Crippen LogP contribution is -2.20. The Morgan fingerprint density at radius 3 is 2.19 bits per heavy atom. The van der Waals surface area contributed by atoms with E-state index in [9.17, 15) is 4.79 Å². The Hall–Kier alpha value is -0.630. The molecule has 0 amide bonds.